The average molecular weight is 260 g/mol. The highest BCUT2D eigenvalue weighted by Gasteiger charge is 2.27. The van der Waals surface area contributed by atoms with Crippen LogP contribution >= 0.6 is 31.9 Å². The molecule has 0 saturated heterocycles. The summed E-state index contributed by atoms with van der Waals surface area (Å²) in [7, 11) is 0. The first-order chi connectivity index (χ1) is 3.85. The van der Waals surface area contributed by atoms with Crippen molar-refractivity contribution in [1.29, 1.82) is 0 Å². The summed E-state index contributed by atoms with van der Waals surface area (Å²) in [6.07, 6.45) is 0. The van der Waals surface area contributed by atoms with E-state index in [2.05, 4.69) is 31.9 Å². The molecule has 54 valence electrons. The van der Waals surface area contributed by atoms with Gasteiger partial charge >= 0.3 is 0 Å². The number of ketones is 1. The van der Waals surface area contributed by atoms with E-state index in [1.807, 2.05) is 0 Å². The van der Waals surface area contributed by atoms with Gasteiger partial charge in [-0.2, -0.15) is 0 Å². The summed E-state index contributed by atoms with van der Waals surface area (Å²) in [5.41, 5.74) is -1.25. The maximum atomic E-state index is 10.8. The maximum absolute atomic E-state index is 10.8. The van der Waals surface area contributed by atoms with E-state index in [0.717, 1.165) is 0 Å². The van der Waals surface area contributed by atoms with E-state index >= 15 is 0 Å². The maximum Gasteiger partial charge on any atom is 0.187 e. The molecule has 4 heteroatoms. The number of rotatable bonds is 2. The highest BCUT2D eigenvalue weighted by atomic mass is 79.9. The molecular weight excluding hydrogens is 252 g/mol. The molecule has 0 aliphatic heterocycles. The third kappa shape index (κ3) is 3.33. The van der Waals surface area contributed by atoms with Gasteiger partial charge in [-0.25, -0.2) is 0 Å². The lowest BCUT2D eigenvalue weighted by atomic mass is 10.1. The van der Waals surface area contributed by atoms with E-state index < -0.39 is 9.34 Å². The SMILES string of the molecule is CC(C)(O)C(=O)C(Br)Br. The van der Waals surface area contributed by atoms with Gasteiger partial charge in [0.05, 0.1) is 0 Å². The van der Waals surface area contributed by atoms with Gasteiger partial charge < -0.3 is 5.11 Å². The van der Waals surface area contributed by atoms with Gasteiger partial charge in [0.15, 0.2) is 5.78 Å². The topological polar surface area (TPSA) is 37.3 Å². The Morgan fingerprint density at radius 2 is 1.89 bits per heavy atom. The van der Waals surface area contributed by atoms with E-state index in [-0.39, 0.29) is 5.78 Å². The monoisotopic (exact) mass is 258 g/mol. The molecule has 0 rings (SSSR count). The van der Waals surface area contributed by atoms with Crippen LogP contribution < -0.4 is 0 Å². The van der Waals surface area contributed by atoms with Gasteiger partial charge in [-0.1, -0.05) is 31.9 Å². The van der Waals surface area contributed by atoms with Gasteiger partial charge in [0.25, 0.3) is 0 Å². The summed E-state index contributed by atoms with van der Waals surface area (Å²) >= 11 is 5.97. The normalized spacial score (nSPS) is 12.2. The zero-order chi connectivity index (χ0) is 7.65. The molecule has 0 radical (unpaired) electrons. The zero-order valence-corrected chi connectivity index (χ0v) is 8.36. The first-order valence-corrected chi connectivity index (χ1v) is 4.23. The number of Topliss-reactive ketones (excluding diaryl/α,β-unsaturated/α-hetero) is 1. The minimum atomic E-state index is -1.25. The van der Waals surface area contributed by atoms with Crippen LogP contribution in [0.2, 0.25) is 0 Å². The van der Waals surface area contributed by atoms with Crippen molar-refractivity contribution >= 4 is 37.6 Å². The summed E-state index contributed by atoms with van der Waals surface area (Å²) < 4.78 is -0.454. The van der Waals surface area contributed by atoms with Gasteiger partial charge in [-0.3, -0.25) is 4.79 Å². The fourth-order valence-electron chi connectivity index (χ4n) is 0.267. The van der Waals surface area contributed by atoms with Gasteiger partial charge in [0, 0.05) is 0 Å². The summed E-state index contributed by atoms with van der Waals surface area (Å²) in [6, 6.07) is 0. The molecule has 0 amide bonds. The Kier molecular flexibility index (Phi) is 3.33. The molecule has 0 aromatic rings. The zero-order valence-electron chi connectivity index (χ0n) is 5.19. The molecule has 9 heavy (non-hydrogen) atoms. The molecular formula is C5H8Br2O2. The predicted octanol–water partition coefficient (Wildman–Crippen LogP) is 1.44. The largest absolute Gasteiger partial charge is 0.383 e. The van der Waals surface area contributed by atoms with Crippen LogP contribution in [0.5, 0.6) is 0 Å². The molecule has 0 spiro atoms. The van der Waals surface area contributed by atoms with E-state index in [9.17, 15) is 4.79 Å². The number of hydrogen-bond donors (Lipinski definition) is 1. The number of aliphatic hydroxyl groups is 1. The van der Waals surface area contributed by atoms with Crippen LogP contribution in [0, 0.1) is 0 Å². The van der Waals surface area contributed by atoms with E-state index in [0.29, 0.717) is 0 Å². The summed E-state index contributed by atoms with van der Waals surface area (Å²) in [5.74, 6) is -0.275. The summed E-state index contributed by atoms with van der Waals surface area (Å²) in [4.78, 5) is 10.8. The number of carbonyl (C=O) groups excluding carboxylic acids is 1. The molecule has 2 nitrogen and oxygen atoms in total. The number of hydrogen-bond acceptors (Lipinski definition) is 2. The van der Waals surface area contributed by atoms with Crippen molar-refractivity contribution in [1.82, 2.24) is 0 Å². The van der Waals surface area contributed by atoms with Gasteiger partial charge in [-0.15, -0.1) is 0 Å². The quantitative estimate of drug-likeness (QED) is 0.763. The Balaban J connectivity index is 4.06. The Morgan fingerprint density at radius 3 is 1.89 bits per heavy atom. The Hall–Kier alpha value is 0.590. The lowest BCUT2D eigenvalue weighted by Gasteiger charge is -2.15. The van der Waals surface area contributed by atoms with Crippen LogP contribution in [0.15, 0.2) is 0 Å². The van der Waals surface area contributed by atoms with Gasteiger partial charge in [-0.05, 0) is 13.8 Å². The van der Waals surface area contributed by atoms with Crippen molar-refractivity contribution in [3.05, 3.63) is 0 Å². The minimum Gasteiger partial charge on any atom is -0.383 e. The van der Waals surface area contributed by atoms with Gasteiger partial charge in [0.2, 0.25) is 0 Å². The lowest BCUT2D eigenvalue weighted by Crippen LogP contribution is -2.34. The van der Waals surface area contributed by atoms with Crippen LogP contribution in [-0.4, -0.2) is 20.2 Å². The van der Waals surface area contributed by atoms with Crippen molar-refractivity contribution in [3.63, 3.8) is 0 Å². The number of halogens is 2. The molecule has 0 heterocycles. The lowest BCUT2D eigenvalue weighted by molar-refractivity contribution is -0.131. The second kappa shape index (κ2) is 3.12. The Bertz CT molecular complexity index is 115. The van der Waals surface area contributed by atoms with Crippen LogP contribution in [0.1, 0.15) is 13.8 Å². The molecule has 0 saturated carbocycles. The third-order valence-electron chi connectivity index (χ3n) is 0.801. The van der Waals surface area contributed by atoms with E-state index in [1.165, 1.54) is 13.8 Å². The van der Waals surface area contributed by atoms with Crippen LogP contribution in [-0.2, 0) is 4.79 Å². The first-order valence-electron chi connectivity index (χ1n) is 2.40. The standard InChI is InChI=1S/C5H8Br2O2/c1-5(2,9)3(8)4(6)7/h4,9H,1-2H3. The Morgan fingerprint density at radius 1 is 1.56 bits per heavy atom. The average Bonchev–Trinajstić information content (AvgIpc) is 1.62. The minimum absolute atomic E-state index is 0.275. The molecule has 0 bridgehead atoms. The van der Waals surface area contributed by atoms with Crippen molar-refractivity contribution in [3.8, 4) is 0 Å². The molecule has 0 fully saturated rings. The highest BCUT2D eigenvalue weighted by molar-refractivity contribution is 9.25. The first kappa shape index (κ1) is 9.59. The second-order valence-electron chi connectivity index (χ2n) is 2.22. The smallest absolute Gasteiger partial charge is 0.187 e. The fourth-order valence-corrected chi connectivity index (χ4v) is 1.39. The van der Waals surface area contributed by atoms with Crippen molar-refractivity contribution in [2.75, 3.05) is 0 Å². The van der Waals surface area contributed by atoms with Crippen molar-refractivity contribution < 1.29 is 9.90 Å². The predicted molar refractivity (Wildman–Crippen MR) is 42.9 cm³/mol. The molecule has 0 unspecified atom stereocenters. The second-order valence-corrected chi connectivity index (χ2v) is 5.28. The van der Waals surface area contributed by atoms with Crippen LogP contribution in [0.3, 0.4) is 0 Å². The third-order valence-corrected chi connectivity index (χ3v) is 1.63. The van der Waals surface area contributed by atoms with Crippen LogP contribution in [0.4, 0.5) is 0 Å². The summed E-state index contributed by atoms with van der Waals surface area (Å²) in [5, 5.41) is 9.05. The number of alkyl halides is 2. The fraction of sp³-hybridized carbons (Fsp3) is 0.800. The summed E-state index contributed by atoms with van der Waals surface area (Å²) in [6.45, 7) is 2.90. The molecule has 0 aliphatic carbocycles. The molecule has 1 N–H and O–H groups in total. The Labute approximate surface area is 70.9 Å². The highest BCUT2D eigenvalue weighted by Crippen LogP contribution is 2.16. The number of carbonyl (C=O) groups is 1. The molecule has 0 aromatic heterocycles. The molecule has 0 atom stereocenters. The van der Waals surface area contributed by atoms with E-state index in [1.54, 1.807) is 0 Å². The van der Waals surface area contributed by atoms with Crippen LogP contribution in [0.25, 0.3) is 0 Å². The van der Waals surface area contributed by atoms with Crippen molar-refractivity contribution in [2.24, 2.45) is 0 Å². The van der Waals surface area contributed by atoms with Gasteiger partial charge in [0.1, 0.15) is 9.34 Å². The van der Waals surface area contributed by atoms with E-state index in [4.69, 9.17) is 5.11 Å². The molecule has 0 aromatic carbocycles. The molecule has 0 aliphatic rings. The van der Waals surface area contributed by atoms with Crippen molar-refractivity contribution in [2.45, 2.75) is 23.2 Å².